The first kappa shape index (κ1) is 19.4. The van der Waals surface area contributed by atoms with Gasteiger partial charge in [-0.25, -0.2) is 0 Å². The summed E-state index contributed by atoms with van der Waals surface area (Å²) in [5.74, 6) is 0. The van der Waals surface area contributed by atoms with Crippen molar-refractivity contribution in [3.63, 3.8) is 0 Å². The van der Waals surface area contributed by atoms with Crippen molar-refractivity contribution in [3.05, 3.63) is 70.6 Å². The zero-order valence-corrected chi connectivity index (χ0v) is 14.8. The van der Waals surface area contributed by atoms with Crippen molar-refractivity contribution in [2.45, 2.75) is 4.84 Å². The SMILES string of the molecule is O=S(=O)(O)O.O=c1c(-c2ccccc2)coc2c(C(Cl)Cl)cccc12. The molecular formula is C16H12Cl2O6S. The highest BCUT2D eigenvalue weighted by molar-refractivity contribution is 7.79. The second-order valence-corrected chi connectivity index (χ2v) is 6.81. The van der Waals surface area contributed by atoms with Crippen molar-refractivity contribution in [1.82, 2.24) is 0 Å². The number of halogens is 2. The minimum atomic E-state index is -4.67. The molecule has 0 fully saturated rings. The fourth-order valence-corrected chi connectivity index (χ4v) is 2.51. The molecule has 0 saturated carbocycles. The van der Waals surface area contributed by atoms with Crippen molar-refractivity contribution in [2.75, 3.05) is 0 Å². The Morgan fingerprint density at radius 1 is 0.960 bits per heavy atom. The topological polar surface area (TPSA) is 105 Å². The molecular weight excluding hydrogens is 391 g/mol. The average molecular weight is 403 g/mol. The van der Waals surface area contributed by atoms with E-state index in [1.165, 1.54) is 6.26 Å². The van der Waals surface area contributed by atoms with Crippen molar-refractivity contribution >= 4 is 44.6 Å². The van der Waals surface area contributed by atoms with Gasteiger partial charge in [0.15, 0.2) is 0 Å². The lowest BCUT2D eigenvalue weighted by Crippen LogP contribution is -2.05. The highest BCUT2D eigenvalue weighted by atomic mass is 35.5. The Morgan fingerprint density at radius 2 is 1.56 bits per heavy atom. The van der Waals surface area contributed by atoms with Crippen LogP contribution in [0.2, 0.25) is 0 Å². The van der Waals surface area contributed by atoms with E-state index in [0.717, 1.165) is 5.56 Å². The minimum Gasteiger partial charge on any atom is -0.463 e. The van der Waals surface area contributed by atoms with Gasteiger partial charge in [0.1, 0.15) is 16.7 Å². The smallest absolute Gasteiger partial charge is 0.394 e. The van der Waals surface area contributed by atoms with E-state index in [-0.39, 0.29) is 5.43 Å². The molecule has 0 radical (unpaired) electrons. The van der Waals surface area contributed by atoms with Gasteiger partial charge in [0.05, 0.1) is 10.9 Å². The van der Waals surface area contributed by atoms with Crippen LogP contribution in [0.5, 0.6) is 0 Å². The third-order valence-corrected chi connectivity index (χ3v) is 3.62. The molecule has 1 aromatic heterocycles. The standard InChI is InChI=1S/C16H10Cl2O2.H2O4S/c17-16(18)12-8-4-7-11-14(19)13(9-20-15(11)12)10-5-2-1-3-6-10;1-5(2,3)4/h1-9,16H;(H2,1,2,3,4). The number of rotatable bonds is 2. The Balaban J connectivity index is 0.000000399. The van der Waals surface area contributed by atoms with Gasteiger partial charge < -0.3 is 4.42 Å². The van der Waals surface area contributed by atoms with E-state index in [4.69, 9.17) is 45.1 Å². The molecule has 0 aliphatic rings. The van der Waals surface area contributed by atoms with Crippen LogP contribution in [-0.4, -0.2) is 17.5 Å². The molecule has 9 heteroatoms. The predicted octanol–water partition coefficient (Wildman–Crippen LogP) is 4.28. The molecule has 132 valence electrons. The van der Waals surface area contributed by atoms with Crippen LogP contribution in [0.15, 0.2) is 64.0 Å². The molecule has 0 bridgehead atoms. The molecule has 0 saturated heterocycles. The summed E-state index contributed by atoms with van der Waals surface area (Å²) in [5.41, 5.74) is 2.29. The maximum absolute atomic E-state index is 12.6. The van der Waals surface area contributed by atoms with Crippen molar-refractivity contribution in [3.8, 4) is 11.1 Å². The van der Waals surface area contributed by atoms with Gasteiger partial charge in [-0.05, 0) is 11.6 Å². The van der Waals surface area contributed by atoms with E-state index in [1.807, 2.05) is 30.3 Å². The Hall–Kier alpha value is -1.90. The summed E-state index contributed by atoms with van der Waals surface area (Å²) in [6.45, 7) is 0. The molecule has 0 spiro atoms. The minimum absolute atomic E-state index is 0.0896. The Labute approximate surface area is 153 Å². The molecule has 1 heterocycles. The normalized spacial score (nSPS) is 11.2. The maximum Gasteiger partial charge on any atom is 0.394 e. The highest BCUT2D eigenvalue weighted by Crippen LogP contribution is 2.31. The molecule has 25 heavy (non-hydrogen) atoms. The molecule has 3 rings (SSSR count). The van der Waals surface area contributed by atoms with Crippen LogP contribution in [0.4, 0.5) is 0 Å². The van der Waals surface area contributed by atoms with Crippen LogP contribution < -0.4 is 5.43 Å². The molecule has 2 aromatic carbocycles. The predicted molar refractivity (Wildman–Crippen MR) is 96.5 cm³/mol. The number of hydrogen-bond donors (Lipinski definition) is 2. The van der Waals surface area contributed by atoms with E-state index < -0.39 is 15.2 Å². The molecule has 2 N–H and O–H groups in total. The van der Waals surface area contributed by atoms with Crippen LogP contribution in [-0.2, 0) is 10.4 Å². The summed E-state index contributed by atoms with van der Waals surface area (Å²) in [6, 6.07) is 14.6. The summed E-state index contributed by atoms with van der Waals surface area (Å²) in [6.07, 6.45) is 1.46. The van der Waals surface area contributed by atoms with Gasteiger partial charge in [-0.15, -0.1) is 0 Å². The zero-order chi connectivity index (χ0) is 18.6. The number of hydrogen-bond acceptors (Lipinski definition) is 4. The molecule has 6 nitrogen and oxygen atoms in total. The van der Waals surface area contributed by atoms with Gasteiger partial charge in [-0.1, -0.05) is 65.7 Å². The molecule has 0 aliphatic carbocycles. The second-order valence-electron chi connectivity index (χ2n) is 4.82. The Kier molecular flexibility index (Phi) is 6.21. The monoisotopic (exact) mass is 402 g/mol. The second kappa shape index (κ2) is 7.99. The lowest BCUT2D eigenvalue weighted by molar-refractivity contribution is 0.381. The third kappa shape index (κ3) is 5.29. The summed E-state index contributed by atoms with van der Waals surface area (Å²) in [4.78, 5) is 11.8. The van der Waals surface area contributed by atoms with E-state index >= 15 is 0 Å². The third-order valence-electron chi connectivity index (χ3n) is 3.15. The summed E-state index contributed by atoms with van der Waals surface area (Å²) in [5, 5.41) is 0.482. The van der Waals surface area contributed by atoms with Crippen LogP contribution in [0, 0.1) is 0 Å². The molecule has 0 amide bonds. The van der Waals surface area contributed by atoms with Gasteiger partial charge in [-0.3, -0.25) is 13.9 Å². The van der Waals surface area contributed by atoms with Crippen molar-refractivity contribution < 1.29 is 21.9 Å². The van der Waals surface area contributed by atoms with Crippen LogP contribution in [0.25, 0.3) is 22.1 Å². The van der Waals surface area contributed by atoms with Crippen LogP contribution in [0.3, 0.4) is 0 Å². The quantitative estimate of drug-likeness (QED) is 0.489. The lowest BCUT2D eigenvalue weighted by atomic mass is 10.0. The first-order valence-electron chi connectivity index (χ1n) is 6.76. The molecule has 0 atom stereocenters. The number of fused-ring (bicyclic) bond motifs is 1. The van der Waals surface area contributed by atoms with E-state index in [2.05, 4.69) is 0 Å². The van der Waals surface area contributed by atoms with Gasteiger partial charge in [0.25, 0.3) is 0 Å². The van der Waals surface area contributed by atoms with Crippen LogP contribution >= 0.6 is 23.2 Å². The lowest BCUT2D eigenvalue weighted by Gasteiger charge is -2.07. The number of para-hydroxylation sites is 1. The molecule has 3 aromatic rings. The van der Waals surface area contributed by atoms with Gasteiger partial charge >= 0.3 is 10.4 Å². The number of alkyl halides is 2. The largest absolute Gasteiger partial charge is 0.463 e. The first-order valence-corrected chi connectivity index (χ1v) is 9.03. The zero-order valence-electron chi connectivity index (χ0n) is 12.5. The van der Waals surface area contributed by atoms with Crippen molar-refractivity contribution in [1.29, 1.82) is 0 Å². The summed E-state index contributed by atoms with van der Waals surface area (Å²) in [7, 11) is -4.67. The summed E-state index contributed by atoms with van der Waals surface area (Å²) < 4.78 is 37.2. The molecule has 0 aliphatic heterocycles. The Morgan fingerprint density at radius 3 is 2.12 bits per heavy atom. The van der Waals surface area contributed by atoms with Gasteiger partial charge in [0, 0.05) is 5.56 Å². The fourth-order valence-electron chi connectivity index (χ4n) is 2.17. The van der Waals surface area contributed by atoms with Crippen LogP contribution in [0.1, 0.15) is 10.4 Å². The maximum atomic E-state index is 12.6. The van der Waals surface area contributed by atoms with Gasteiger partial charge in [0.2, 0.25) is 5.43 Å². The number of benzene rings is 2. The van der Waals surface area contributed by atoms with Gasteiger partial charge in [-0.2, -0.15) is 8.42 Å². The van der Waals surface area contributed by atoms with E-state index in [9.17, 15) is 4.79 Å². The van der Waals surface area contributed by atoms with E-state index in [1.54, 1.807) is 18.2 Å². The van der Waals surface area contributed by atoms with Crippen molar-refractivity contribution in [2.24, 2.45) is 0 Å². The summed E-state index contributed by atoms with van der Waals surface area (Å²) >= 11 is 11.8. The Bertz CT molecular complexity index is 1020. The average Bonchev–Trinajstić information content (AvgIpc) is 2.54. The fraction of sp³-hybridized carbons (Fsp3) is 0.0625. The highest BCUT2D eigenvalue weighted by Gasteiger charge is 2.14. The van der Waals surface area contributed by atoms with E-state index in [0.29, 0.717) is 22.1 Å². The molecule has 0 unspecified atom stereocenters. The first-order chi connectivity index (χ1) is 11.7.